The van der Waals surface area contributed by atoms with Crippen LogP contribution in [-0.4, -0.2) is 23.9 Å². The lowest BCUT2D eigenvalue weighted by Gasteiger charge is -2.06. The van der Waals surface area contributed by atoms with Crippen LogP contribution in [-0.2, 0) is 4.79 Å². The summed E-state index contributed by atoms with van der Waals surface area (Å²) in [5, 5.41) is 10.4. The number of ether oxygens (including phenoxy) is 1. The summed E-state index contributed by atoms with van der Waals surface area (Å²) < 4.78 is 29.2. The van der Waals surface area contributed by atoms with Gasteiger partial charge in [0.25, 0.3) is 0 Å². The number of benzene rings is 2. The average molecular weight is 361 g/mol. The molecule has 1 fully saturated rings. The summed E-state index contributed by atoms with van der Waals surface area (Å²) in [5.41, 5.74) is 1.23. The Kier molecular flexibility index (Phi) is 5.39. The van der Waals surface area contributed by atoms with Crippen molar-refractivity contribution in [3.8, 4) is 5.75 Å². The molecule has 0 unspecified atom stereocenters. The summed E-state index contributed by atoms with van der Waals surface area (Å²) in [6.45, 7) is -2.92. The minimum absolute atomic E-state index is 0.00622. The second kappa shape index (κ2) is 7.89. The van der Waals surface area contributed by atoms with Crippen molar-refractivity contribution in [2.45, 2.75) is 11.9 Å². The first kappa shape index (κ1) is 17.1. The molecule has 1 aliphatic heterocycles. The summed E-state index contributed by atoms with van der Waals surface area (Å²) in [6.07, 6.45) is 1.30. The number of amides is 1. The zero-order valence-electron chi connectivity index (χ0n) is 12.8. The molecule has 1 aliphatic rings. The lowest BCUT2D eigenvalue weighted by Crippen LogP contribution is -2.21. The number of amidine groups is 1. The van der Waals surface area contributed by atoms with Gasteiger partial charge in [-0.15, -0.1) is 5.10 Å². The van der Waals surface area contributed by atoms with E-state index in [9.17, 15) is 13.6 Å². The molecule has 0 spiro atoms. The van der Waals surface area contributed by atoms with Gasteiger partial charge in [-0.25, -0.2) is 0 Å². The van der Waals surface area contributed by atoms with Gasteiger partial charge in [0, 0.05) is 5.56 Å². The second-order valence-corrected chi connectivity index (χ2v) is 6.06. The molecule has 1 saturated heterocycles. The third-order valence-electron chi connectivity index (χ3n) is 3.28. The van der Waals surface area contributed by atoms with Gasteiger partial charge in [-0.1, -0.05) is 54.2 Å². The van der Waals surface area contributed by atoms with Gasteiger partial charge in [0.05, 0.1) is 6.21 Å². The lowest BCUT2D eigenvalue weighted by molar-refractivity contribution is -0.118. The van der Waals surface area contributed by atoms with Crippen molar-refractivity contribution >= 4 is 29.1 Å². The van der Waals surface area contributed by atoms with Gasteiger partial charge in [-0.3, -0.25) is 4.79 Å². The number of nitrogens with zero attached hydrogens (tertiary/aromatic N) is 2. The maximum atomic E-state index is 12.4. The predicted octanol–water partition coefficient (Wildman–Crippen LogP) is 3.58. The molecule has 0 aromatic heterocycles. The minimum atomic E-state index is -2.92. The van der Waals surface area contributed by atoms with Crippen LogP contribution in [0.3, 0.4) is 0 Å². The maximum absolute atomic E-state index is 12.4. The number of hydrogen-bond donors (Lipinski definition) is 1. The number of hydrogen-bond acceptors (Lipinski definition) is 5. The Morgan fingerprint density at radius 1 is 1.12 bits per heavy atom. The fraction of sp³-hybridized carbons (Fsp3) is 0.118. The third kappa shape index (κ3) is 4.42. The van der Waals surface area contributed by atoms with E-state index in [1.807, 2.05) is 30.3 Å². The maximum Gasteiger partial charge on any atom is 0.387 e. The number of nitrogens with one attached hydrogen (secondary N) is 1. The molecular formula is C17H13F2N3O2S. The largest absolute Gasteiger partial charge is 0.434 e. The predicted molar refractivity (Wildman–Crippen MR) is 93.0 cm³/mol. The molecule has 0 aliphatic carbocycles. The van der Waals surface area contributed by atoms with Crippen molar-refractivity contribution in [1.82, 2.24) is 5.32 Å². The first-order chi connectivity index (χ1) is 12.1. The van der Waals surface area contributed by atoms with Gasteiger partial charge in [-0.05, 0) is 17.7 Å². The summed E-state index contributed by atoms with van der Waals surface area (Å²) in [5.74, 6) is -0.168. The van der Waals surface area contributed by atoms with Gasteiger partial charge in [-0.2, -0.15) is 13.9 Å². The van der Waals surface area contributed by atoms with Crippen molar-refractivity contribution in [1.29, 1.82) is 0 Å². The molecular weight excluding hydrogens is 348 g/mol. The second-order valence-electron chi connectivity index (χ2n) is 4.96. The molecule has 128 valence electrons. The van der Waals surface area contributed by atoms with E-state index >= 15 is 0 Å². The van der Waals surface area contributed by atoms with E-state index in [-0.39, 0.29) is 16.9 Å². The molecule has 0 saturated carbocycles. The van der Waals surface area contributed by atoms with Crippen LogP contribution in [0.1, 0.15) is 16.4 Å². The van der Waals surface area contributed by atoms with E-state index in [4.69, 9.17) is 0 Å². The fourth-order valence-corrected chi connectivity index (χ4v) is 3.13. The van der Waals surface area contributed by atoms with E-state index in [0.717, 1.165) is 5.56 Å². The standard InChI is InChI=1S/C17H13F2N3O2S/c18-16(19)24-13-9-5-4-8-12(13)10-20-22-17-21-15(23)14(25-17)11-6-2-1-3-7-11/h1-10,14,16H,(H,21,22,23)/b20-10-/t14-/m1/s1. The number of rotatable bonds is 5. The molecule has 2 aromatic rings. The number of alkyl halides is 2. The zero-order valence-corrected chi connectivity index (χ0v) is 13.6. The monoisotopic (exact) mass is 361 g/mol. The van der Waals surface area contributed by atoms with Crippen LogP contribution in [0.2, 0.25) is 0 Å². The van der Waals surface area contributed by atoms with Crippen LogP contribution in [0.25, 0.3) is 0 Å². The number of halogens is 2. The Hall–Kier alpha value is -2.74. The summed E-state index contributed by atoms with van der Waals surface area (Å²) in [4.78, 5) is 12.0. The first-order valence-corrected chi connectivity index (χ1v) is 8.19. The van der Waals surface area contributed by atoms with Crippen molar-refractivity contribution in [3.05, 3.63) is 65.7 Å². The van der Waals surface area contributed by atoms with Crippen molar-refractivity contribution in [2.24, 2.45) is 10.2 Å². The van der Waals surface area contributed by atoms with Crippen LogP contribution in [0.4, 0.5) is 8.78 Å². The summed E-state index contributed by atoms with van der Waals surface area (Å²) in [7, 11) is 0. The molecule has 2 aromatic carbocycles. The molecule has 0 radical (unpaired) electrons. The Morgan fingerprint density at radius 3 is 2.60 bits per heavy atom. The van der Waals surface area contributed by atoms with Gasteiger partial charge >= 0.3 is 6.61 Å². The summed E-state index contributed by atoms with van der Waals surface area (Å²) in [6, 6.07) is 15.6. The first-order valence-electron chi connectivity index (χ1n) is 7.31. The Labute approximate surface area is 146 Å². The number of para-hydroxylation sites is 1. The lowest BCUT2D eigenvalue weighted by atomic mass is 10.1. The van der Waals surface area contributed by atoms with E-state index in [2.05, 4.69) is 20.3 Å². The van der Waals surface area contributed by atoms with Crippen LogP contribution >= 0.6 is 11.8 Å². The highest BCUT2D eigenvalue weighted by molar-refractivity contribution is 8.15. The van der Waals surface area contributed by atoms with Gasteiger partial charge in [0.15, 0.2) is 5.17 Å². The smallest absolute Gasteiger partial charge is 0.387 e. The highest BCUT2D eigenvalue weighted by atomic mass is 32.2. The highest BCUT2D eigenvalue weighted by Crippen LogP contribution is 2.34. The SMILES string of the molecule is O=C1NC(=N/N=C\c2ccccc2OC(F)F)S[C@@H]1c1ccccc1. The third-order valence-corrected chi connectivity index (χ3v) is 4.41. The van der Waals surface area contributed by atoms with Crippen molar-refractivity contribution < 1.29 is 18.3 Å². The topological polar surface area (TPSA) is 63.0 Å². The van der Waals surface area contributed by atoms with Crippen LogP contribution in [0, 0.1) is 0 Å². The quantitative estimate of drug-likeness (QED) is 0.654. The van der Waals surface area contributed by atoms with Gasteiger partial charge in [0.2, 0.25) is 5.91 Å². The van der Waals surface area contributed by atoms with Crippen molar-refractivity contribution in [2.75, 3.05) is 0 Å². The molecule has 0 bridgehead atoms. The molecule has 25 heavy (non-hydrogen) atoms. The van der Waals surface area contributed by atoms with E-state index in [1.165, 1.54) is 24.0 Å². The van der Waals surface area contributed by atoms with Gasteiger partial charge in [0.1, 0.15) is 11.0 Å². The number of thioether (sulfide) groups is 1. The van der Waals surface area contributed by atoms with E-state index < -0.39 is 6.61 Å². The van der Waals surface area contributed by atoms with E-state index in [1.54, 1.807) is 18.2 Å². The number of carbonyl (C=O) groups is 1. The Morgan fingerprint density at radius 2 is 1.84 bits per heavy atom. The normalized spacial score (nSPS) is 18.9. The molecule has 1 N–H and O–H groups in total. The van der Waals surface area contributed by atoms with Gasteiger partial charge < -0.3 is 10.1 Å². The number of carbonyl (C=O) groups excluding carboxylic acids is 1. The zero-order chi connectivity index (χ0) is 17.6. The van der Waals surface area contributed by atoms with Crippen LogP contribution in [0.5, 0.6) is 5.75 Å². The Balaban J connectivity index is 1.71. The van der Waals surface area contributed by atoms with Crippen molar-refractivity contribution in [3.63, 3.8) is 0 Å². The molecule has 5 nitrogen and oxygen atoms in total. The highest BCUT2D eigenvalue weighted by Gasteiger charge is 2.31. The molecule has 1 atom stereocenters. The van der Waals surface area contributed by atoms with E-state index in [0.29, 0.717) is 10.7 Å². The fourth-order valence-electron chi connectivity index (χ4n) is 2.20. The molecule has 1 heterocycles. The molecule has 3 rings (SSSR count). The van der Waals surface area contributed by atoms with Crippen LogP contribution in [0.15, 0.2) is 64.8 Å². The van der Waals surface area contributed by atoms with Crippen LogP contribution < -0.4 is 10.1 Å². The minimum Gasteiger partial charge on any atom is -0.434 e. The average Bonchev–Trinajstić information content (AvgIpc) is 2.97. The molecule has 8 heteroatoms. The molecule has 1 amide bonds. The Bertz CT molecular complexity index is 813. The summed E-state index contributed by atoms with van der Waals surface area (Å²) >= 11 is 1.25.